The zero-order valence-electron chi connectivity index (χ0n) is 17.4. The fraction of sp³-hybridized carbons (Fsp3) is 0.348. The molecule has 0 aliphatic carbocycles. The van der Waals surface area contributed by atoms with Crippen LogP contribution in [0.4, 0.5) is 9.59 Å². The predicted molar refractivity (Wildman–Crippen MR) is 113 cm³/mol. The largest absolute Gasteiger partial charge is 0.513 e. The average Bonchev–Trinajstić information content (AvgIpc) is 2.79. The van der Waals surface area contributed by atoms with Gasteiger partial charge in [-0.2, -0.15) is 0 Å². The van der Waals surface area contributed by atoms with Crippen LogP contribution in [0.1, 0.15) is 35.7 Å². The van der Waals surface area contributed by atoms with Crippen molar-refractivity contribution < 1.29 is 28.6 Å². The van der Waals surface area contributed by atoms with Crippen LogP contribution >= 0.6 is 0 Å². The summed E-state index contributed by atoms with van der Waals surface area (Å²) >= 11 is 0. The Hall–Kier alpha value is -3.55. The third-order valence-corrected chi connectivity index (χ3v) is 4.87. The highest BCUT2D eigenvalue weighted by Crippen LogP contribution is 2.16. The van der Waals surface area contributed by atoms with Gasteiger partial charge in [0.15, 0.2) is 0 Å². The number of nitrogens with zero attached hydrogens (tertiary/aromatic N) is 1. The first-order valence-electron chi connectivity index (χ1n) is 10.3. The van der Waals surface area contributed by atoms with E-state index in [4.69, 9.17) is 14.2 Å². The van der Waals surface area contributed by atoms with Crippen molar-refractivity contribution in [1.29, 1.82) is 0 Å². The number of carbonyl (C=O) groups excluding carboxylic acids is 3. The van der Waals surface area contributed by atoms with E-state index in [9.17, 15) is 14.4 Å². The summed E-state index contributed by atoms with van der Waals surface area (Å²) in [6.45, 7) is 3.19. The number of nitrogens with one attached hydrogen (secondary N) is 1. The molecule has 2 amide bonds. The normalized spacial score (nSPS) is 13.9. The van der Waals surface area contributed by atoms with Crippen LogP contribution in [0.2, 0.25) is 0 Å². The highest BCUT2D eigenvalue weighted by atomic mass is 16.7. The minimum Gasteiger partial charge on any atom is -0.445 e. The number of piperidine rings is 1. The molecule has 1 N–H and O–H groups in total. The van der Waals surface area contributed by atoms with Crippen molar-refractivity contribution in [1.82, 2.24) is 10.2 Å². The van der Waals surface area contributed by atoms with Crippen LogP contribution in [0.15, 0.2) is 54.6 Å². The van der Waals surface area contributed by atoms with Crippen molar-refractivity contribution in [2.45, 2.75) is 32.4 Å². The summed E-state index contributed by atoms with van der Waals surface area (Å²) in [4.78, 5) is 37.7. The van der Waals surface area contributed by atoms with Gasteiger partial charge < -0.3 is 24.4 Å². The fourth-order valence-corrected chi connectivity index (χ4v) is 3.20. The van der Waals surface area contributed by atoms with Crippen molar-refractivity contribution in [2.24, 2.45) is 0 Å². The van der Waals surface area contributed by atoms with Crippen LogP contribution in [0, 0.1) is 0 Å². The van der Waals surface area contributed by atoms with E-state index in [0.29, 0.717) is 37.2 Å². The smallest absolute Gasteiger partial charge is 0.445 e. The van der Waals surface area contributed by atoms with Gasteiger partial charge in [-0.1, -0.05) is 30.3 Å². The van der Waals surface area contributed by atoms with Gasteiger partial charge in [-0.25, -0.2) is 9.59 Å². The molecule has 0 atom stereocenters. The molecule has 2 aromatic rings. The minimum atomic E-state index is -0.784. The molecule has 1 heterocycles. The van der Waals surface area contributed by atoms with Gasteiger partial charge in [0.25, 0.3) is 5.91 Å². The monoisotopic (exact) mass is 426 g/mol. The molecule has 2 aromatic carbocycles. The summed E-state index contributed by atoms with van der Waals surface area (Å²) in [6, 6.07) is 15.7. The molecular weight excluding hydrogens is 400 g/mol. The number of hydrogen-bond donors (Lipinski definition) is 1. The Kier molecular flexibility index (Phi) is 7.86. The number of rotatable bonds is 6. The van der Waals surface area contributed by atoms with Crippen molar-refractivity contribution >= 4 is 18.2 Å². The molecule has 31 heavy (non-hydrogen) atoms. The van der Waals surface area contributed by atoms with E-state index in [1.165, 1.54) is 12.1 Å². The van der Waals surface area contributed by atoms with Gasteiger partial charge in [0.1, 0.15) is 12.4 Å². The molecule has 1 saturated heterocycles. The number of ether oxygens (including phenoxy) is 3. The van der Waals surface area contributed by atoms with Gasteiger partial charge in [0.05, 0.1) is 6.61 Å². The van der Waals surface area contributed by atoms with E-state index >= 15 is 0 Å². The lowest BCUT2D eigenvalue weighted by Gasteiger charge is -2.31. The molecule has 8 heteroatoms. The zero-order valence-corrected chi connectivity index (χ0v) is 17.4. The van der Waals surface area contributed by atoms with Gasteiger partial charge in [0, 0.05) is 24.7 Å². The number of benzene rings is 2. The van der Waals surface area contributed by atoms with Gasteiger partial charge in [-0.15, -0.1) is 0 Å². The quantitative estimate of drug-likeness (QED) is 0.558. The standard InChI is InChI=1S/C23H26N2O6/c1-2-29-23(28)31-20-10-8-18(9-11-20)21(26)24-19-12-14-25(15-13-19)22(27)30-16-17-6-4-3-5-7-17/h3-11,19H,2,12-16H2,1H3,(H,24,26). The zero-order chi connectivity index (χ0) is 22.1. The molecule has 0 radical (unpaired) electrons. The third-order valence-electron chi connectivity index (χ3n) is 4.87. The Morgan fingerprint density at radius 3 is 2.29 bits per heavy atom. The Bertz CT molecular complexity index is 877. The Morgan fingerprint density at radius 1 is 0.968 bits per heavy atom. The first kappa shape index (κ1) is 22.1. The molecule has 164 valence electrons. The van der Waals surface area contributed by atoms with Crippen LogP contribution < -0.4 is 10.1 Å². The molecule has 0 bridgehead atoms. The highest BCUT2D eigenvalue weighted by molar-refractivity contribution is 5.94. The van der Waals surface area contributed by atoms with E-state index in [2.05, 4.69) is 5.32 Å². The average molecular weight is 426 g/mol. The Labute approximate surface area is 181 Å². The molecule has 1 fully saturated rings. The van der Waals surface area contributed by atoms with Crippen LogP contribution in [0.3, 0.4) is 0 Å². The Morgan fingerprint density at radius 2 is 1.65 bits per heavy atom. The van der Waals surface area contributed by atoms with Gasteiger partial charge in [0.2, 0.25) is 0 Å². The highest BCUT2D eigenvalue weighted by Gasteiger charge is 2.25. The molecule has 1 aliphatic rings. The first-order chi connectivity index (χ1) is 15.0. The fourth-order valence-electron chi connectivity index (χ4n) is 3.20. The van der Waals surface area contributed by atoms with E-state index < -0.39 is 6.16 Å². The molecule has 0 unspecified atom stereocenters. The lowest BCUT2D eigenvalue weighted by molar-refractivity contribution is 0.0809. The summed E-state index contributed by atoms with van der Waals surface area (Å²) in [7, 11) is 0. The van der Waals surface area contributed by atoms with Gasteiger partial charge in [-0.3, -0.25) is 4.79 Å². The lowest BCUT2D eigenvalue weighted by Crippen LogP contribution is -2.46. The molecule has 0 spiro atoms. The van der Waals surface area contributed by atoms with E-state index in [-0.39, 0.29) is 31.3 Å². The molecule has 0 aromatic heterocycles. The second-order valence-corrected chi connectivity index (χ2v) is 7.08. The summed E-state index contributed by atoms with van der Waals surface area (Å²) in [5.41, 5.74) is 1.40. The van der Waals surface area contributed by atoms with E-state index in [0.717, 1.165) is 5.56 Å². The maximum Gasteiger partial charge on any atom is 0.513 e. The third kappa shape index (κ3) is 6.74. The molecular formula is C23H26N2O6. The first-order valence-corrected chi connectivity index (χ1v) is 10.3. The molecule has 1 aliphatic heterocycles. The van der Waals surface area contributed by atoms with Crippen molar-refractivity contribution in [3.8, 4) is 5.75 Å². The summed E-state index contributed by atoms with van der Waals surface area (Å²) < 4.78 is 15.1. The predicted octanol–water partition coefficient (Wildman–Crippen LogP) is 3.75. The van der Waals surface area contributed by atoms with Crippen molar-refractivity contribution in [3.63, 3.8) is 0 Å². The number of amides is 2. The van der Waals surface area contributed by atoms with Gasteiger partial charge >= 0.3 is 12.2 Å². The lowest BCUT2D eigenvalue weighted by atomic mass is 10.0. The number of carbonyl (C=O) groups is 3. The van der Waals surface area contributed by atoms with Crippen molar-refractivity contribution in [2.75, 3.05) is 19.7 Å². The summed E-state index contributed by atoms with van der Waals surface area (Å²) in [5, 5.41) is 2.98. The maximum atomic E-state index is 12.5. The Balaban J connectivity index is 1.41. The number of hydrogen-bond acceptors (Lipinski definition) is 6. The minimum absolute atomic E-state index is 0.0267. The topological polar surface area (TPSA) is 94.2 Å². The second kappa shape index (κ2) is 11.0. The van der Waals surface area contributed by atoms with E-state index in [1.807, 2.05) is 30.3 Å². The SMILES string of the molecule is CCOC(=O)Oc1ccc(C(=O)NC2CCN(C(=O)OCc3ccccc3)CC2)cc1. The summed E-state index contributed by atoms with van der Waals surface area (Å²) in [5.74, 6) is 0.0881. The van der Waals surface area contributed by atoms with Crippen LogP contribution in [0.5, 0.6) is 5.75 Å². The van der Waals surface area contributed by atoms with Crippen LogP contribution in [-0.4, -0.2) is 48.8 Å². The molecule has 0 saturated carbocycles. The maximum absolute atomic E-state index is 12.5. The number of likely N-dealkylation sites (tertiary alicyclic amines) is 1. The van der Waals surface area contributed by atoms with E-state index in [1.54, 1.807) is 24.0 Å². The summed E-state index contributed by atoms with van der Waals surface area (Å²) in [6.07, 6.45) is 0.173. The second-order valence-electron chi connectivity index (χ2n) is 7.08. The van der Waals surface area contributed by atoms with Crippen LogP contribution in [0.25, 0.3) is 0 Å². The molecule has 8 nitrogen and oxygen atoms in total. The van der Waals surface area contributed by atoms with Crippen LogP contribution in [-0.2, 0) is 16.1 Å². The van der Waals surface area contributed by atoms with Crippen molar-refractivity contribution in [3.05, 3.63) is 65.7 Å². The van der Waals surface area contributed by atoms with Gasteiger partial charge in [-0.05, 0) is 49.6 Å². The molecule has 3 rings (SSSR count).